The van der Waals surface area contributed by atoms with Crippen LogP contribution in [0.5, 0.6) is 0 Å². The summed E-state index contributed by atoms with van der Waals surface area (Å²) in [4.78, 5) is 35.3. The Balaban J connectivity index is 4.68. The van der Waals surface area contributed by atoms with E-state index in [9.17, 15) is 14.4 Å². The van der Waals surface area contributed by atoms with Crippen molar-refractivity contribution in [3.8, 4) is 0 Å². The monoisotopic (exact) mass is 440 g/mol. The number of carbonyl (C=O) groups is 3. The van der Waals surface area contributed by atoms with Crippen molar-refractivity contribution in [3.63, 3.8) is 0 Å². The van der Waals surface area contributed by atoms with Crippen molar-refractivity contribution in [2.24, 2.45) is 11.8 Å². The molecule has 0 amide bonds. The van der Waals surface area contributed by atoms with E-state index < -0.39 is 5.92 Å². The smallest absolute Gasteiger partial charge is 0.309 e. The Kier molecular flexibility index (Phi) is 18.9. The summed E-state index contributed by atoms with van der Waals surface area (Å²) in [5.74, 6) is -1.44. The van der Waals surface area contributed by atoms with Crippen molar-refractivity contribution in [2.45, 2.75) is 96.8 Å². The summed E-state index contributed by atoms with van der Waals surface area (Å²) in [5, 5.41) is 0. The molecule has 6 heteroatoms. The van der Waals surface area contributed by atoms with Gasteiger partial charge < -0.3 is 14.2 Å². The molecule has 6 nitrogen and oxygen atoms in total. The van der Waals surface area contributed by atoms with Gasteiger partial charge in [0.05, 0.1) is 33.7 Å². The summed E-state index contributed by atoms with van der Waals surface area (Å²) in [5.41, 5.74) is 0. The van der Waals surface area contributed by atoms with E-state index in [1.54, 1.807) is 0 Å². The van der Waals surface area contributed by atoms with Gasteiger partial charge in [-0.05, 0) is 31.6 Å². The molecule has 0 N–H and O–H groups in total. The number of methoxy groups -OCH3 is 3. The molecule has 31 heavy (non-hydrogen) atoms. The molecule has 2 unspecified atom stereocenters. The molecule has 0 heterocycles. The highest BCUT2D eigenvalue weighted by Gasteiger charge is 2.30. The van der Waals surface area contributed by atoms with Gasteiger partial charge in [-0.1, -0.05) is 70.4 Å². The molecule has 0 spiro atoms. The summed E-state index contributed by atoms with van der Waals surface area (Å²) >= 11 is 0. The molecule has 0 rings (SSSR count). The molecule has 2 atom stereocenters. The standard InChI is InChI=1S/C25H44O6/c1-5-6-7-8-11-14-17-21(22(25(28)31-4)20-24(27)30-3)18-15-12-9-10-13-16-19-23(26)29-2/h15,18,21-22H,5-14,16-17,19-20H2,1-4H3/b18-15+. The van der Waals surface area contributed by atoms with E-state index in [2.05, 4.69) is 23.8 Å². The average molecular weight is 441 g/mol. The summed E-state index contributed by atoms with van der Waals surface area (Å²) in [7, 11) is 4.12. The average Bonchev–Trinajstić information content (AvgIpc) is 2.79. The van der Waals surface area contributed by atoms with E-state index in [1.807, 2.05) is 0 Å². The second-order valence-electron chi connectivity index (χ2n) is 8.09. The maximum Gasteiger partial charge on any atom is 0.309 e. The molecule has 0 bridgehead atoms. The summed E-state index contributed by atoms with van der Waals surface area (Å²) < 4.78 is 14.4. The summed E-state index contributed by atoms with van der Waals surface area (Å²) in [6.07, 6.45) is 17.5. The zero-order valence-corrected chi connectivity index (χ0v) is 20.2. The Hall–Kier alpha value is -1.85. The highest BCUT2D eigenvalue weighted by Crippen LogP contribution is 2.26. The number of carbonyl (C=O) groups excluding carboxylic acids is 3. The van der Waals surface area contributed by atoms with Gasteiger partial charge in [-0.2, -0.15) is 0 Å². The van der Waals surface area contributed by atoms with Crippen LogP contribution in [0.25, 0.3) is 0 Å². The lowest BCUT2D eigenvalue weighted by Crippen LogP contribution is -2.27. The quantitative estimate of drug-likeness (QED) is 0.110. The predicted molar refractivity (Wildman–Crippen MR) is 122 cm³/mol. The zero-order chi connectivity index (χ0) is 23.3. The van der Waals surface area contributed by atoms with Crippen LogP contribution in [0.15, 0.2) is 12.2 Å². The molecular formula is C25H44O6. The number of allylic oxidation sites excluding steroid dienone is 2. The first kappa shape index (κ1) is 29.1. The SMILES string of the molecule is CCCCCCCCC(/C=C/CCCCCCC(=O)OC)C(CC(=O)OC)C(=O)OC. The van der Waals surface area contributed by atoms with Gasteiger partial charge in [-0.25, -0.2) is 0 Å². The Morgan fingerprint density at radius 1 is 0.742 bits per heavy atom. The normalized spacial score (nSPS) is 13.0. The van der Waals surface area contributed by atoms with Crippen LogP contribution in [-0.4, -0.2) is 39.2 Å². The third-order valence-electron chi connectivity index (χ3n) is 5.64. The van der Waals surface area contributed by atoms with Crippen LogP contribution in [0.3, 0.4) is 0 Å². The molecule has 0 saturated carbocycles. The first-order valence-electron chi connectivity index (χ1n) is 11.9. The van der Waals surface area contributed by atoms with Crippen LogP contribution in [0.4, 0.5) is 0 Å². The second kappa shape index (κ2) is 20.1. The van der Waals surface area contributed by atoms with Crippen molar-refractivity contribution >= 4 is 17.9 Å². The third-order valence-corrected chi connectivity index (χ3v) is 5.64. The number of hydrogen-bond acceptors (Lipinski definition) is 6. The Morgan fingerprint density at radius 2 is 1.35 bits per heavy atom. The van der Waals surface area contributed by atoms with E-state index in [4.69, 9.17) is 9.47 Å². The van der Waals surface area contributed by atoms with Crippen molar-refractivity contribution in [1.82, 2.24) is 0 Å². The lowest BCUT2D eigenvalue weighted by atomic mass is 9.84. The van der Waals surface area contributed by atoms with Gasteiger partial charge in [-0.15, -0.1) is 0 Å². The van der Waals surface area contributed by atoms with E-state index in [0.29, 0.717) is 6.42 Å². The number of unbranched alkanes of at least 4 members (excludes halogenated alkanes) is 9. The van der Waals surface area contributed by atoms with Gasteiger partial charge in [-0.3, -0.25) is 14.4 Å². The molecule has 0 aliphatic carbocycles. The van der Waals surface area contributed by atoms with E-state index in [-0.39, 0.29) is 30.2 Å². The number of hydrogen-bond donors (Lipinski definition) is 0. The van der Waals surface area contributed by atoms with Gasteiger partial charge >= 0.3 is 17.9 Å². The van der Waals surface area contributed by atoms with Crippen molar-refractivity contribution in [2.75, 3.05) is 21.3 Å². The fraction of sp³-hybridized carbons (Fsp3) is 0.800. The van der Waals surface area contributed by atoms with Crippen LogP contribution in [0.1, 0.15) is 96.8 Å². The first-order valence-corrected chi connectivity index (χ1v) is 11.9. The molecule has 0 aliphatic heterocycles. The van der Waals surface area contributed by atoms with Crippen molar-refractivity contribution in [1.29, 1.82) is 0 Å². The van der Waals surface area contributed by atoms with Crippen LogP contribution in [0.2, 0.25) is 0 Å². The first-order chi connectivity index (χ1) is 15.0. The molecule has 0 aromatic carbocycles. The lowest BCUT2D eigenvalue weighted by molar-refractivity contribution is -0.153. The van der Waals surface area contributed by atoms with Crippen LogP contribution >= 0.6 is 0 Å². The van der Waals surface area contributed by atoms with Crippen molar-refractivity contribution in [3.05, 3.63) is 12.2 Å². The molecule has 0 aliphatic rings. The van der Waals surface area contributed by atoms with Crippen LogP contribution < -0.4 is 0 Å². The molecule has 0 saturated heterocycles. The molecule has 180 valence electrons. The maximum absolute atomic E-state index is 12.4. The van der Waals surface area contributed by atoms with Gasteiger partial charge in [0.1, 0.15) is 0 Å². The minimum Gasteiger partial charge on any atom is -0.469 e. The summed E-state index contributed by atoms with van der Waals surface area (Å²) in [6.45, 7) is 2.20. The second-order valence-corrected chi connectivity index (χ2v) is 8.09. The summed E-state index contributed by atoms with van der Waals surface area (Å²) in [6, 6.07) is 0. The van der Waals surface area contributed by atoms with E-state index in [1.165, 1.54) is 47.0 Å². The van der Waals surface area contributed by atoms with Gasteiger partial charge in [0.25, 0.3) is 0 Å². The lowest BCUT2D eigenvalue weighted by Gasteiger charge is -2.22. The number of esters is 3. The Morgan fingerprint density at radius 3 is 2.00 bits per heavy atom. The Labute approximate surface area is 189 Å². The van der Waals surface area contributed by atoms with Gasteiger partial charge in [0, 0.05) is 6.42 Å². The predicted octanol–water partition coefficient (Wildman–Crippen LogP) is 5.78. The topological polar surface area (TPSA) is 78.9 Å². The fourth-order valence-corrected chi connectivity index (χ4v) is 3.67. The minimum atomic E-state index is -0.510. The molecule has 0 aromatic rings. The molecule has 0 aromatic heterocycles. The van der Waals surface area contributed by atoms with Crippen molar-refractivity contribution < 1.29 is 28.6 Å². The van der Waals surface area contributed by atoms with Gasteiger partial charge in [0.15, 0.2) is 0 Å². The largest absolute Gasteiger partial charge is 0.469 e. The number of rotatable bonds is 19. The fourth-order valence-electron chi connectivity index (χ4n) is 3.67. The highest BCUT2D eigenvalue weighted by molar-refractivity contribution is 5.80. The number of ether oxygens (including phenoxy) is 3. The zero-order valence-electron chi connectivity index (χ0n) is 20.2. The Bertz CT molecular complexity index is 514. The van der Waals surface area contributed by atoms with Crippen LogP contribution in [0, 0.1) is 11.8 Å². The molecule has 0 radical (unpaired) electrons. The maximum atomic E-state index is 12.4. The molecular weight excluding hydrogens is 396 g/mol. The van der Waals surface area contributed by atoms with E-state index >= 15 is 0 Å². The van der Waals surface area contributed by atoms with E-state index in [0.717, 1.165) is 51.4 Å². The van der Waals surface area contributed by atoms with Crippen LogP contribution in [-0.2, 0) is 28.6 Å². The minimum absolute atomic E-state index is 0.0305. The molecule has 0 fully saturated rings. The van der Waals surface area contributed by atoms with Gasteiger partial charge in [0.2, 0.25) is 0 Å². The third kappa shape index (κ3) is 15.6. The highest BCUT2D eigenvalue weighted by atomic mass is 16.5.